The molecule has 0 N–H and O–H groups in total. The minimum absolute atomic E-state index is 0.739. The molecule has 0 amide bonds. The minimum atomic E-state index is -3.17. The molecule has 5 heterocycles. The Kier molecular flexibility index (Phi) is 7.82. The zero-order chi connectivity index (χ0) is 41.5. The van der Waals surface area contributed by atoms with Gasteiger partial charge in [0.1, 0.15) is 23.0 Å². The maximum atomic E-state index is 6.95. The smallest absolute Gasteiger partial charge is 0.184 e. The van der Waals surface area contributed by atoms with Gasteiger partial charge in [0, 0.05) is 57.6 Å². The second-order valence-corrected chi connectivity index (χ2v) is 19.9. The molecule has 0 saturated carbocycles. The van der Waals surface area contributed by atoms with Crippen LogP contribution in [0.2, 0.25) is 0 Å². The third-order valence-electron chi connectivity index (χ3n) is 12.9. The number of anilines is 3. The van der Waals surface area contributed by atoms with Crippen LogP contribution >= 0.6 is 0 Å². The normalized spacial score (nSPS) is 13.2. The van der Waals surface area contributed by atoms with Gasteiger partial charge in [0.05, 0.1) is 22.2 Å². The average Bonchev–Trinajstić information content (AvgIpc) is 3.99. The summed E-state index contributed by atoms with van der Waals surface area (Å²) in [4.78, 5) is 12.2. The van der Waals surface area contributed by atoms with Crippen molar-refractivity contribution in [2.24, 2.45) is 0 Å². The monoisotopic (exact) mass is 823 g/mol. The Morgan fingerprint density at radius 2 is 1.11 bits per heavy atom. The molecule has 6 nitrogen and oxygen atoms in total. The molecule has 0 bridgehead atoms. The van der Waals surface area contributed by atoms with E-state index in [0.29, 0.717) is 0 Å². The van der Waals surface area contributed by atoms with Gasteiger partial charge in [0.25, 0.3) is 0 Å². The summed E-state index contributed by atoms with van der Waals surface area (Å²) < 4.78 is 11.5. The Morgan fingerprint density at radius 1 is 0.444 bits per heavy atom. The van der Waals surface area contributed by atoms with Crippen molar-refractivity contribution in [2.75, 3.05) is 4.90 Å². The summed E-state index contributed by atoms with van der Waals surface area (Å²) in [6, 6.07) is 74.4. The lowest BCUT2D eigenvalue weighted by molar-refractivity contribution is 0.484. The van der Waals surface area contributed by atoms with Crippen LogP contribution in [0.1, 0.15) is 0 Å². The fourth-order valence-corrected chi connectivity index (χ4v) is 15.7. The Bertz CT molecular complexity index is 3680. The third kappa shape index (κ3) is 5.17. The molecule has 63 heavy (non-hydrogen) atoms. The topological polar surface area (TPSA) is 47.6 Å². The minimum Gasteiger partial charge on any atom is -0.457 e. The molecule has 13 rings (SSSR count). The Hall–Kier alpha value is -8.26. The molecule has 0 unspecified atom stereocenters. The molecule has 4 aromatic heterocycles. The molecule has 8 aromatic carbocycles. The van der Waals surface area contributed by atoms with E-state index in [1.54, 1.807) is 0 Å². The zero-order valence-corrected chi connectivity index (χ0v) is 35.0. The van der Waals surface area contributed by atoms with E-state index in [1.165, 1.54) is 47.9 Å². The number of pyridine rings is 2. The molecular weight excluding hydrogens is 787 g/mol. The number of benzene rings is 8. The molecule has 0 radical (unpaired) electrons. The van der Waals surface area contributed by atoms with E-state index in [9.17, 15) is 0 Å². The van der Waals surface area contributed by atoms with Crippen LogP contribution in [-0.4, -0.2) is 27.0 Å². The van der Waals surface area contributed by atoms with Crippen molar-refractivity contribution in [3.8, 4) is 17.2 Å². The maximum absolute atomic E-state index is 6.95. The van der Waals surface area contributed by atoms with Crippen molar-refractivity contribution in [1.82, 2.24) is 18.9 Å². The SMILES string of the molecule is c1ccc(-n2c3ccccc3c3c4c(ccc32)N(c2ccccn2)c2cc(Oc3ccc5c6ccccc6n6ccnc6c5c3)ccc2[Si]4(c2ccccc2)c2ccccc2)cc1. The Balaban J connectivity index is 1.11. The van der Waals surface area contributed by atoms with Gasteiger partial charge in [-0.05, 0) is 98.9 Å². The molecule has 12 aromatic rings. The van der Waals surface area contributed by atoms with Crippen LogP contribution in [0.4, 0.5) is 17.2 Å². The molecule has 1 aliphatic rings. The van der Waals surface area contributed by atoms with Gasteiger partial charge in [-0.2, -0.15) is 0 Å². The number of hydrogen-bond acceptors (Lipinski definition) is 4. The van der Waals surface area contributed by atoms with E-state index in [0.717, 1.165) is 56.3 Å². The van der Waals surface area contributed by atoms with Crippen LogP contribution in [0.3, 0.4) is 0 Å². The lowest BCUT2D eigenvalue weighted by atomic mass is 10.1. The van der Waals surface area contributed by atoms with E-state index in [-0.39, 0.29) is 0 Å². The van der Waals surface area contributed by atoms with Gasteiger partial charge in [-0.25, -0.2) is 9.97 Å². The Labute approximate surface area is 364 Å². The van der Waals surface area contributed by atoms with Crippen molar-refractivity contribution in [1.29, 1.82) is 0 Å². The van der Waals surface area contributed by atoms with Gasteiger partial charge in [-0.3, -0.25) is 9.30 Å². The van der Waals surface area contributed by atoms with E-state index in [4.69, 9.17) is 14.7 Å². The van der Waals surface area contributed by atoms with Crippen LogP contribution in [0.15, 0.2) is 225 Å². The fourth-order valence-electron chi connectivity index (χ4n) is 10.4. The van der Waals surface area contributed by atoms with E-state index >= 15 is 0 Å². The van der Waals surface area contributed by atoms with Gasteiger partial charge < -0.3 is 9.30 Å². The molecule has 1 aliphatic heterocycles. The van der Waals surface area contributed by atoms with Crippen molar-refractivity contribution in [3.63, 3.8) is 0 Å². The number of imidazole rings is 1. The average molecular weight is 824 g/mol. The molecule has 0 atom stereocenters. The molecule has 0 spiro atoms. The van der Waals surface area contributed by atoms with Gasteiger partial charge in [-0.1, -0.05) is 127 Å². The highest BCUT2D eigenvalue weighted by atomic mass is 28.3. The molecule has 0 saturated heterocycles. The summed E-state index contributed by atoms with van der Waals surface area (Å²) in [5.74, 6) is 2.32. The molecule has 0 aliphatic carbocycles. The predicted octanol–water partition coefficient (Wildman–Crippen LogP) is 11.1. The summed E-state index contributed by atoms with van der Waals surface area (Å²) in [6.45, 7) is 0. The lowest BCUT2D eigenvalue weighted by Crippen LogP contribution is -2.77. The first kappa shape index (κ1) is 35.5. The first-order valence-electron chi connectivity index (χ1n) is 21.3. The van der Waals surface area contributed by atoms with Crippen LogP contribution < -0.4 is 30.4 Å². The van der Waals surface area contributed by atoms with E-state index in [1.807, 2.05) is 24.7 Å². The number of para-hydroxylation sites is 3. The van der Waals surface area contributed by atoms with Crippen molar-refractivity contribution >= 4 is 95.1 Å². The van der Waals surface area contributed by atoms with E-state index in [2.05, 4.69) is 214 Å². The van der Waals surface area contributed by atoms with Crippen molar-refractivity contribution in [2.45, 2.75) is 0 Å². The quantitative estimate of drug-likeness (QED) is 0.124. The summed E-state index contributed by atoms with van der Waals surface area (Å²) >= 11 is 0. The molecule has 296 valence electrons. The third-order valence-corrected chi connectivity index (χ3v) is 17.8. The first-order chi connectivity index (χ1) is 31.3. The highest BCUT2D eigenvalue weighted by Gasteiger charge is 2.51. The second-order valence-electron chi connectivity index (χ2n) is 16.2. The van der Waals surface area contributed by atoms with Gasteiger partial charge in [-0.15, -0.1) is 0 Å². The number of ether oxygens (including phenoxy) is 1. The fraction of sp³-hybridized carbons (Fsp3) is 0. The molecular formula is C56H37N5OSi. The number of fused-ring (bicyclic) bond motifs is 12. The Morgan fingerprint density at radius 3 is 1.87 bits per heavy atom. The largest absolute Gasteiger partial charge is 0.457 e. The van der Waals surface area contributed by atoms with Crippen molar-refractivity contribution in [3.05, 3.63) is 225 Å². The summed E-state index contributed by atoms with van der Waals surface area (Å²) in [5.41, 5.74) is 7.66. The number of nitrogens with zero attached hydrogens (tertiary/aromatic N) is 5. The summed E-state index contributed by atoms with van der Waals surface area (Å²) in [6.07, 6.45) is 5.78. The van der Waals surface area contributed by atoms with Crippen molar-refractivity contribution < 1.29 is 4.74 Å². The number of aromatic nitrogens is 4. The van der Waals surface area contributed by atoms with Crippen LogP contribution in [0, 0.1) is 0 Å². The van der Waals surface area contributed by atoms with Crippen LogP contribution in [0.25, 0.3) is 54.8 Å². The van der Waals surface area contributed by atoms with Gasteiger partial charge in [0.2, 0.25) is 0 Å². The summed E-state index contributed by atoms with van der Waals surface area (Å²) in [7, 11) is -3.17. The number of rotatable bonds is 6. The lowest BCUT2D eigenvalue weighted by Gasteiger charge is -2.45. The zero-order valence-electron chi connectivity index (χ0n) is 34.0. The second kappa shape index (κ2) is 13.9. The molecule has 7 heteroatoms. The van der Waals surface area contributed by atoms with E-state index < -0.39 is 8.07 Å². The summed E-state index contributed by atoms with van der Waals surface area (Å²) in [5, 5.41) is 11.0. The predicted molar refractivity (Wildman–Crippen MR) is 261 cm³/mol. The van der Waals surface area contributed by atoms with Gasteiger partial charge in [0.15, 0.2) is 8.07 Å². The first-order valence-corrected chi connectivity index (χ1v) is 23.3. The van der Waals surface area contributed by atoms with Crippen LogP contribution in [-0.2, 0) is 0 Å². The highest BCUT2D eigenvalue weighted by molar-refractivity contribution is 7.22. The van der Waals surface area contributed by atoms with Gasteiger partial charge >= 0.3 is 0 Å². The standard InChI is InChI=1S/C56H37N5OSi/c1-4-16-38(17-5-1)60-48-25-13-11-23-45(48)54-49(60)30-31-50-55(54)63(41-18-6-2-7-19-41,42-20-8-3-9-21-42)52-32-28-40(37-51(52)61(50)53-26-14-15-33-57-53)62-39-27-29-43-44-22-10-12-24-47(44)59-35-34-58-56(59)46(43)36-39/h1-37H. The maximum Gasteiger partial charge on any atom is 0.184 e. The van der Waals surface area contributed by atoms with Crippen LogP contribution in [0.5, 0.6) is 11.5 Å². The highest BCUT2D eigenvalue weighted by Crippen LogP contribution is 2.44. The number of hydrogen-bond donors (Lipinski definition) is 0. The molecule has 0 fully saturated rings.